The molecule has 3 heterocycles. The number of ether oxygens (including phenoxy) is 8. The topological polar surface area (TPSA) is 245 Å². The van der Waals surface area contributed by atoms with Gasteiger partial charge in [0.15, 0.2) is 18.9 Å². The molecule has 1 amide bonds. The first-order valence-corrected chi connectivity index (χ1v) is 12.7. The molecule has 3 aliphatic rings. The molecular weight excluding hydrogens is 546 g/mol. The molecule has 3 rings (SSSR count). The van der Waals surface area contributed by atoms with Crippen molar-refractivity contribution in [2.75, 3.05) is 41.2 Å². The lowest BCUT2D eigenvalue weighted by atomic mass is 9.95. The number of aliphatic hydroxyl groups is 7. The smallest absolute Gasteiger partial charge is 0.217 e. The van der Waals surface area contributed by atoms with Crippen molar-refractivity contribution in [1.82, 2.24) is 5.32 Å². The van der Waals surface area contributed by atoms with E-state index < -0.39 is 111 Å². The minimum absolute atomic E-state index is 0.335. The zero-order chi connectivity index (χ0) is 29.7. The van der Waals surface area contributed by atoms with Crippen LogP contribution in [-0.2, 0) is 42.7 Å². The van der Waals surface area contributed by atoms with Gasteiger partial charge in [0, 0.05) is 28.3 Å². The predicted molar refractivity (Wildman–Crippen MR) is 127 cm³/mol. The van der Waals surface area contributed by atoms with Gasteiger partial charge < -0.3 is 79.0 Å². The Hall–Kier alpha value is -1.13. The van der Waals surface area contributed by atoms with Gasteiger partial charge in [-0.3, -0.25) is 4.79 Å². The van der Waals surface area contributed by atoms with Gasteiger partial charge in [0.1, 0.15) is 73.2 Å². The fourth-order valence-electron chi connectivity index (χ4n) is 5.10. The Balaban J connectivity index is 1.83. The van der Waals surface area contributed by atoms with Gasteiger partial charge in [-0.05, 0) is 0 Å². The third kappa shape index (κ3) is 7.08. The molecule has 0 radical (unpaired) electrons. The SMILES string of the molecule is CO[C@@H]1[C@@H](OC)[C@H](O)O[C@H](CO[C@H]2O[C@H](CO)[C@@H](O)[C@H](O)[C@@H]2O[C@@H]2O[C@H](CO)[C@@H](O)[C@H](O)[C@H]2NC(C)=O)[C@H]1OC. The van der Waals surface area contributed by atoms with Crippen LogP contribution in [0.15, 0.2) is 0 Å². The molecule has 0 aromatic carbocycles. The van der Waals surface area contributed by atoms with Gasteiger partial charge in [0.2, 0.25) is 5.91 Å². The second-order valence-electron chi connectivity index (χ2n) is 9.74. The maximum atomic E-state index is 11.8. The zero-order valence-electron chi connectivity index (χ0n) is 22.6. The largest absolute Gasteiger partial charge is 0.394 e. The first kappa shape index (κ1) is 33.4. The maximum Gasteiger partial charge on any atom is 0.217 e. The van der Waals surface area contributed by atoms with Gasteiger partial charge in [-0.25, -0.2) is 0 Å². The van der Waals surface area contributed by atoms with Crippen LogP contribution in [0, 0.1) is 0 Å². The van der Waals surface area contributed by atoms with E-state index in [1.807, 2.05) is 0 Å². The summed E-state index contributed by atoms with van der Waals surface area (Å²) in [5.74, 6) is -0.606. The number of nitrogens with one attached hydrogen (secondary N) is 1. The summed E-state index contributed by atoms with van der Waals surface area (Å²) in [6, 6.07) is -1.36. The van der Waals surface area contributed by atoms with Crippen molar-refractivity contribution < 1.29 is 78.4 Å². The standard InChI is InChI=1S/C23H41NO16/c1-8(27)24-12-15(30)13(28)9(5-25)38-22(12)40-18-16(31)14(29)10(6-26)39-23(18)36-7-11-17(33-2)19(34-3)20(35-4)21(32)37-11/h9-23,25-26,28-32H,5-7H2,1-4H3,(H,24,27)/t9-,10-,11-,12-,13-,14-,15-,16+,17-,18+,19+,20-,21-,22+,23+/m1/s1. The van der Waals surface area contributed by atoms with Crippen molar-refractivity contribution in [2.24, 2.45) is 0 Å². The normalized spacial score (nSPS) is 46.2. The summed E-state index contributed by atoms with van der Waals surface area (Å²) in [6.07, 6.45) is -18.7. The number of carbonyl (C=O) groups excluding carboxylic acids is 1. The van der Waals surface area contributed by atoms with Gasteiger partial charge in [-0.2, -0.15) is 0 Å². The van der Waals surface area contributed by atoms with E-state index in [1.165, 1.54) is 21.3 Å². The van der Waals surface area contributed by atoms with Crippen molar-refractivity contribution in [1.29, 1.82) is 0 Å². The van der Waals surface area contributed by atoms with Crippen LogP contribution in [0.4, 0.5) is 0 Å². The molecule has 0 aromatic rings. The third-order valence-electron chi connectivity index (χ3n) is 7.22. The molecule has 17 heteroatoms. The van der Waals surface area contributed by atoms with E-state index in [0.717, 1.165) is 6.92 Å². The second kappa shape index (κ2) is 14.9. The highest BCUT2D eigenvalue weighted by molar-refractivity contribution is 5.73. The number of rotatable bonds is 11. The fourth-order valence-corrected chi connectivity index (χ4v) is 5.10. The van der Waals surface area contributed by atoms with Crippen LogP contribution in [0.25, 0.3) is 0 Å². The van der Waals surface area contributed by atoms with Crippen molar-refractivity contribution >= 4 is 5.91 Å². The van der Waals surface area contributed by atoms with Gasteiger partial charge in [0.05, 0.1) is 19.8 Å². The highest BCUT2D eigenvalue weighted by Gasteiger charge is 2.52. The molecule has 8 N–H and O–H groups in total. The Bertz CT molecular complexity index is 794. The molecule has 0 aliphatic carbocycles. The monoisotopic (exact) mass is 587 g/mol. The number of amides is 1. The Labute approximate surface area is 230 Å². The van der Waals surface area contributed by atoms with Crippen molar-refractivity contribution in [2.45, 2.75) is 99.0 Å². The lowest BCUT2D eigenvalue weighted by Crippen LogP contribution is -2.68. The minimum atomic E-state index is -1.74. The molecule has 0 spiro atoms. The Kier molecular flexibility index (Phi) is 12.4. The molecule has 234 valence electrons. The number of carbonyl (C=O) groups is 1. The van der Waals surface area contributed by atoms with Crippen LogP contribution in [0.3, 0.4) is 0 Å². The van der Waals surface area contributed by atoms with Gasteiger partial charge in [-0.1, -0.05) is 0 Å². The lowest BCUT2D eigenvalue weighted by Gasteiger charge is -2.47. The number of methoxy groups -OCH3 is 3. The molecule has 3 saturated heterocycles. The summed E-state index contributed by atoms with van der Waals surface area (Å²) < 4.78 is 44.7. The van der Waals surface area contributed by atoms with Gasteiger partial charge >= 0.3 is 0 Å². The summed E-state index contributed by atoms with van der Waals surface area (Å²) in [6.45, 7) is -0.594. The third-order valence-corrected chi connectivity index (χ3v) is 7.22. The number of aliphatic hydroxyl groups excluding tert-OH is 7. The average molecular weight is 588 g/mol. The van der Waals surface area contributed by atoms with E-state index in [0.29, 0.717) is 0 Å². The number of hydrogen-bond donors (Lipinski definition) is 8. The first-order valence-electron chi connectivity index (χ1n) is 12.7. The molecule has 17 nitrogen and oxygen atoms in total. The van der Waals surface area contributed by atoms with Crippen molar-refractivity contribution in [3.05, 3.63) is 0 Å². The summed E-state index contributed by atoms with van der Waals surface area (Å²) in [5, 5.41) is 74.3. The minimum Gasteiger partial charge on any atom is -0.394 e. The van der Waals surface area contributed by atoms with E-state index in [1.54, 1.807) is 0 Å². The molecule has 0 saturated carbocycles. The Morgan fingerprint density at radius 1 is 0.700 bits per heavy atom. The van der Waals surface area contributed by atoms with E-state index in [4.69, 9.17) is 37.9 Å². The van der Waals surface area contributed by atoms with Crippen molar-refractivity contribution in [3.63, 3.8) is 0 Å². The van der Waals surface area contributed by atoms with Crippen LogP contribution in [0.2, 0.25) is 0 Å². The van der Waals surface area contributed by atoms with Crippen LogP contribution in [0.5, 0.6) is 0 Å². The summed E-state index contributed by atoms with van der Waals surface area (Å²) >= 11 is 0. The van der Waals surface area contributed by atoms with E-state index >= 15 is 0 Å². The molecule has 3 aliphatic heterocycles. The molecule has 0 bridgehead atoms. The van der Waals surface area contributed by atoms with Gasteiger partial charge in [-0.15, -0.1) is 0 Å². The van der Waals surface area contributed by atoms with Crippen LogP contribution >= 0.6 is 0 Å². The van der Waals surface area contributed by atoms with E-state index in [9.17, 15) is 40.5 Å². The van der Waals surface area contributed by atoms with Gasteiger partial charge in [0.25, 0.3) is 0 Å². The maximum absolute atomic E-state index is 11.8. The summed E-state index contributed by atoms with van der Waals surface area (Å²) in [7, 11) is 4.16. The molecule has 0 aromatic heterocycles. The summed E-state index contributed by atoms with van der Waals surface area (Å²) in [4.78, 5) is 11.8. The lowest BCUT2D eigenvalue weighted by molar-refractivity contribution is -0.363. The zero-order valence-corrected chi connectivity index (χ0v) is 22.6. The fraction of sp³-hybridized carbons (Fsp3) is 0.957. The van der Waals surface area contributed by atoms with Crippen molar-refractivity contribution in [3.8, 4) is 0 Å². The highest BCUT2D eigenvalue weighted by Crippen LogP contribution is 2.31. The number of hydrogen-bond acceptors (Lipinski definition) is 16. The molecule has 3 fully saturated rings. The van der Waals surface area contributed by atoms with Crippen LogP contribution in [-0.4, -0.2) is 175 Å². The summed E-state index contributed by atoms with van der Waals surface area (Å²) in [5.41, 5.74) is 0. The quantitative estimate of drug-likeness (QED) is 0.112. The molecule has 15 atom stereocenters. The molecular formula is C23H41NO16. The average Bonchev–Trinajstić information content (AvgIpc) is 2.93. The van der Waals surface area contributed by atoms with E-state index in [-0.39, 0.29) is 6.61 Å². The Morgan fingerprint density at radius 3 is 1.77 bits per heavy atom. The second-order valence-corrected chi connectivity index (χ2v) is 9.74. The highest BCUT2D eigenvalue weighted by atomic mass is 16.8. The van der Waals surface area contributed by atoms with Crippen LogP contribution in [0.1, 0.15) is 6.92 Å². The van der Waals surface area contributed by atoms with E-state index in [2.05, 4.69) is 5.32 Å². The predicted octanol–water partition coefficient (Wildman–Crippen LogP) is -5.47. The Morgan fingerprint density at radius 2 is 1.25 bits per heavy atom. The molecule has 40 heavy (non-hydrogen) atoms. The molecule has 0 unspecified atom stereocenters. The first-order chi connectivity index (χ1) is 19.0. The van der Waals surface area contributed by atoms with Crippen LogP contribution < -0.4 is 5.32 Å².